The van der Waals surface area contributed by atoms with Gasteiger partial charge in [0.15, 0.2) is 6.29 Å². The molecule has 0 amide bonds. The highest BCUT2D eigenvalue weighted by Gasteiger charge is 2.42. The van der Waals surface area contributed by atoms with Gasteiger partial charge in [-0.2, -0.15) is 0 Å². The van der Waals surface area contributed by atoms with Crippen molar-refractivity contribution >= 4 is 0 Å². The molecule has 6 nitrogen and oxygen atoms in total. The van der Waals surface area contributed by atoms with Gasteiger partial charge in [0.05, 0.1) is 6.61 Å². The molecule has 1 aliphatic rings. The summed E-state index contributed by atoms with van der Waals surface area (Å²) < 4.78 is 4.58. The second-order valence-electron chi connectivity index (χ2n) is 2.72. The molecule has 0 radical (unpaired) electrons. The topological polar surface area (TPSA) is 110 Å². The van der Waals surface area contributed by atoms with Crippen LogP contribution in [-0.4, -0.2) is 62.8 Å². The predicted octanol–water partition coefficient (Wildman–Crippen LogP) is -3.22. The molecule has 1 aliphatic heterocycles. The molecule has 12 heavy (non-hydrogen) atoms. The van der Waals surface area contributed by atoms with E-state index in [2.05, 4.69) is 4.74 Å². The first kappa shape index (κ1) is 9.85. The van der Waals surface area contributed by atoms with E-state index in [9.17, 15) is 0 Å². The Balaban J connectivity index is 2.63. The van der Waals surface area contributed by atoms with Gasteiger partial charge < -0.3 is 30.3 Å². The Morgan fingerprint density at radius 3 is 2.00 bits per heavy atom. The Kier molecular flexibility index (Phi) is 2.99. The van der Waals surface area contributed by atoms with E-state index in [1.807, 2.05) is 0 Å². The number of hydrogen-bond donors (Lipinski definition) is 5. The molecule has 6 heteroatoms. The molecule has 0 aromatic heterocycles. The fraction of sp³-hybridized carbons (Fsp3) is 1.00. The fourth-order valence-corrected chi connectivity index (χ4v) is 1.08. The van der Waals surface area contributed by atoms with Crippen LogP contribution >= 0.6 is 0 Å². The summed E-state index contributed by atoms with van der Waals surface area (Å²) in [5.41, 5.74) is 0. The summed E-state index contributed by atoms with van der Waals surface area (Å²) in [5, 5.41) is 44.7. The van der Waals surface area contributed by atoms with Crippen molar-refractivity contribution in [1.82, 2.24) is 0 Å². The van der Waals surface area contributed by atoms with Gasteiger partial charge in [0, 0.05) is 0 Å². The van der Waals surface area contributed by atoms with E-state index in [-0.39, 0.29) is 0 Å². The maximum absolute atomic E-state index is 9.12. The average molecular weight is 180 g/mol. The Bertz CT molecular complexity index is 146. The van der Waals surface area contributed by atoms with Crippen LogP contribution in [0.2, 0.25) is 0 Å². The predicted molar refractivity (Wildman–Crippen MR) is 36.0 cm³/mol. The second-order valence-corrected chi connectivity index (χ2v) is 2.72. The van der Waals surface area contributed by atoms with E-state index in [0.717, 1.165) is 0 Å². The molecule has 1 fully saturated rings. The molecular formula is C6H12O6. The molecule has 5 N–H and O–H groups in total. The van der Waals surface area contributed by atoms with Crippen molar-refractivity contribution in [2.45, 2.75) is 30.7 Å². The SMILES string of the molecule is OCC1OC(O)[C@H](O)[C@@H](O)C1O. The molecule has 0 bridgehead atoms. The normalized spacial score (nSPS) is 49.2. The summed E-state index contributed by atoms with van der Waals surface area (Å²) >= 11 is 0. The maximum atomic E-state index is 9.12. The van der Waals surface area contributed by atoms with Gasteiger partial charge in [-0.05, 0) is 0 Å². The molecule has 0 aliphatic carbocycles. The number of aliphatic hydroxyl groups excluding tert-OH is 5. The van der Waals surface area contributed by atoms with E-state index in [1.165, 1.54) is 0 Å². The van der Waals surface area contributed by atoms with Crippen LogP contribution in [-0.2, 0) is 4.74 Å². The van der Waals surface area contributed by atoms with Gasteiger partial charge in [0.25, 0.3) is 0 Å². The van der Waals surface area contributed by atoms with E-state index in [1.54, 1.807) is 0 Å². The Labute approximate surface area is 68.6 Å². The fourth-order valence-electron chi connectivity index (χ4n) is 1.08. The summed E-state index contributed by atoms with van der Waals surface area (Å²) in [6.07, 6.45) is -7.04. The number of hydrogen-bond acceptors (Lipinski definition) is 6. The molecule has 5 atom stereocenters. The van der Waals surface area contributed by atoms with Gasteiger partial charge in [-0.1, -0.05) is 0 Å². The summed E-state index contributed by atoms with van der Waals surface area (Å²) in [6.45, 7) is -0.526. The monoisotopic (exact) mass is 180 g/mol. The number of aliphatic hydroxyl groups is 5. The van der Waals surface area contributed by atoms with E-state index in [0.29, 0.717) is 0 Å². The van der Waals surface area contributed by atoms with Gasteiger partial charge >= 0.3 is 0 Å². The highest BCUT2D eigenvalue weighted by atomic mass is 16.6. The quantitative estimate of drug-likeness (QED) is 0.290. The van der Waals surface area contributed by atoms with Gasteiger partial charge in [-0.15, -0.1) is 0 Å². The van der Waals surface area contributed by atoms with Crippen molar-refractivity contribution in [3.8, 4) is 0 Å². The smallest absolute Gasteiger partial charge is 0.184 e. The number of ether oxygens (including phenoxy) is 1. The van der Waals surface area contributed by atoms with Crippen molar-refractivity contribution < 1.29 is 30.3 Å². The lowest BCUT2D eigenvalue weighted by molar-refractivity contribution is -0.286. The van der Waals surface area contributed by atoms with Crippen LogP contribution in [0, 0.1) is 0 Å². The highest BCUT2D eigenvalue weighted by Crippen LogP contribution is 2.18. The van der Waals surface area contributed by atoms with Crippen LogP contribution < -0.4 is 0 Å². The van der Waals surface area contributed by atoms with Gasteiger partial charge in [-0.3, -0.25) is 0 Å². The first-order valence-corrected chi connectivity index (χ1v) is 3.56. The second kappa shape index (κ2) is 3.65. The van der Waals surface area contributed by atoms with Gasteiger partial charge in [-0.25, -0.2) is 0 Å². The van der Waals surface area contributed by atoms with Crippen molar-refractivity contribution in [1.29, 1.82) is 0 Å². The summed E-state index contributed by atoms with van der Waals surface area (Å²) in [5.74, 6) is 0. The zero-order valence-electron chi connectivity index (χ0n) is 6.24. The summed E-state index contributed by atoms with van der Waals surface area (Å²) in [4.78, 5) is 0. The Morgan fingerprint density at radius 1 is 0.917 bits per heavy atom. The maximum Gasteiger partial charge on any atom is 0.184 e. The molecule has 3 unspecified atom stereocenters. The zero-order chi connectivity index (χ0) is 9.30. The molecule has 1 saturated heterocycles. The highest BCUT2D eigenvalue weighted by molar-refractivity contribution is 4.87. The average Bonchev–Trinajstić information content (AvgIpc) is 2.08. The van der Waals surface area contributed by atoms with Gasteiger partial charge in [0.1, 0.15) is 24.4 Å². The summed E-state index contributed by atoms with van der Waals surface area (Å²) in [7, 11) is 0. The molecule has 72 valence electrons. The lowest BCUT2D eigenvalue weighted by Crippen LogP contribution is -2.58. The standard InChI is InChI=1S/C6H12O6/c7-1-2-3(8)4(9)5(10)6(11)12-2/h2-11H,1H2/t2?,3?,4-,5+,6?/m0/s1. The third kappa shape index (κ3) is 1.58. The molecule has 0 aromatic rings. The first-order valence-electron chi connectivity index (χ1n) is 3.56. The molecule has 1 heterocycles. The minimum absolute atomic E-state index is 0.526. The largest absolute Gasteiger partial charge is 0.394 e. The Morgan fingerprint density at radius 2 is 1.50 bits per heavy atom. The zero-order valence-corrected chi connectivity index (χ0v) is 6.24. The van der Waals surface area contributed by atoms with Crippen LogP contribution in [0.25, 0.3) is 0 Å². The van der Waals surface area contributed by atoms with Crippen LogP contribution in [0.15, 0.2) is 0 Å². The lowest BCUT2D eigenvalue weighted by atomic mass is 10.00. The molecule has 1 rings (SSSR count). The van der Waals surface area contributed by atoms with Gasteiger partial charge in [0.2, 0.25) is 0 Å². The van der Waals surface area contributed by atoms with Crippen LogP contribution in [0.5, 0.6) is 0 Å². The van der Waals surface area contributed by atoms with E-state index >= 15 is 0 Å². The van der Waals surface area contributed by atoms with Crippen LogP contribution in [0.1, 0.15) is 0 Å². The number of rotatable bonds is 1. The van der Waals surface area contributed by atoms with Crippen LogP contribution in [0.3, 0.4) is 0 Å². The minimum Gasteiger partial charge on any atom is -0.394 e. The lowest BCUT2D eigenvalue weighted by Gasteiger charge is -2.37. The van der Waals surface area contributed by atoms with Crippen molar-refractivity contribution in [2.75, 3.05) is 6.61 Å². The molecular weight excluding hydrogens is 168 g/mol. The molecule has 0 saturated carbocycles. The van der Waals surface area contributed by atoms with E-state index < -0.39 is 37.3 Å². The third-order valence-electron chi connectivity index (χ3n) is 1.87. The van der Waals surface area contributed by atoms with Crippen LogP contribution in [0.4, 0.5) is 0 Å². The van der Waals surface area contributed by atoms with Crippen molar-refractivity contribution in [3.05, 3.63) is 0 Å². The minimum atomic E-state index is -1.57. The summed E-state index contributed by atoms with van der Waals surface area (Å²) in [6, 6.07) is 0. The first-order chi connectivity index (χ1) is 5.57. The molecule has 0 aromatic carbocycles. The third-order valence-corrected chi connectivity index (χ3v) is 1.87. The molecule has 0 spiro atoms. The van der Waals surface area contributed by atoms with Crippen molar-refractivity contribution in [2.24, 2.45) is 0 Å². The Hall–Kier alpha value is -0.240. The van der Waals surface area contributed by atoms with E-state index in [4.69, 9.17) is 25.5 Å². The van der Waals surface area contributed by atoms with Crippen molar-refractivity contribution in [3.63, 3.8) is 0 Å².